The number of hydrogen-bond donors (Lipinski definition) is 1. The number of pyridine rings is 1. The summed E-state index contributed by atoms with van der Waals surface area (Å²) in [5.74, 6) is -1.08. The molecule has 0 aliphatic heterocycles. The van der Waals surface area contributed by atoms with E-state index < -0.39 is 18.5 Å². The van der Waals surface area contributed by atoms with Gasteiger partial charge in [-0.3, -0.25) is 9.78 Å². The number of anilines is 1. The topological polar surface area (TPSA) is 68.3 Å². The van der Waals surface area contributed by atoms with Crippen molar-refractivity contribution in [2.45, 2.75) is 19.3 Å². The van der Waals surface area contributed by atoms with Gasteiger partial charge in [-0.05, 0) is 43.0 Å². The van der Waals surface area contributed by atoms with Gasteiger partial charge in [0, 0.05) is 11.1 Å². The van der Waals surface area contributed by atoms with E-state index in [0.717, 1.165) is 41.4 Å². The number of aromatic nitrogens is 1. The number of ether oxygens (including phenoxy) is 1. The summed E-state index contributed by atoms with van der Waals surface area (Å²) >= 11 is 17.9. The molecule has 0 radical (unpaired) electrons. The van der Waals surface area contributed by atoms with Crippen molar-refractivity contribution in [3.63, 3.8) is 0 Å². The molecule has 0 fully saturated rings. The Morgan fingerprint density at radius 3 is 2.62 bits per heavy atom. The molecule has 148 valence electrons. The number of fused-ring (bicyclic) bond motifs is 2. The monoisotopic (exact) mass is 448 g/mol. The summed E-state index contributed by atoms with van der Waals surface area (Å²) < 4.78 is 5.31. The number of rotatable bonds is 4. The van der Waals surface area contributed by atoms with Crippen LogP contribution in [0, 0.1) is 0 Å². The molecule has 5 nitrogen and oxygen atoms in total. The first-order chi connectivity index (χ1) is 13.9. The second kappa shape index (κ2) is 8.19. The smallest absolute Gasteiger partial charge is 0.339 e. The van der Waals surface area contributed by atoms with E-state index in [0.29, 0.717) is 5.56 Å². The fourth-order valence-corrected chi connectivity index (χ4v) is 4.05. The molecule has 4 rings (SSSR count). The minimum atomic E-state index is -0.544. The minimum Gasteiger partial charge on any atom is -0.452 e. The van der Waals surface area contributed by atoms with Crippen LogP contribution in [0.1, 0.15) is 28.0 Å². The lowest BCUT2D eigenvalue weighted by atomic mass is 10.0. The average Bonchev–Trinajstić information content (AvgIpc) is 3.16. The first kappa shape index (κ1) is 20.0. The number of nitrogens with zero attached hydrogens (tertiary/aromatic N) is 1. The third-order valence-electron chi connectivity index (χ3n) is 4.74. The van der Waals surface area contributed by atoms with Crippen LogP contribution < -0.4 is 5.32 Å². The number of nitrogens with one attached hydrogen (secondary N) is 1. The van der Waals surface area contributed by atoms with Crippen molar-refractivity contribution in [2.24, 2.45) is 0 Å². The molecule has 2 aromatic carbocycles. The predicted octanol–water partition coefficient (Wildman–Crippen LogP) is 5.48. The highest BCUT2D eigenvalue weighted by molar-refractivity contribution is 6.44. The van der Waals surface area contributed by atoms with E-state index in [1.807, 2.05) is 24.3 Å². The summed E-state index contributed by atoms with van der Waals surface area (Å²) in [6.45, 7) is -0.458. The largest absolute Gasteiger partial charge is 0.452 e. The number of amides is 1. The molecule has 1 aromatic heterocycles. The highest BCUT2D eigenvalue weighted by Gasteiger charge is 2.25. The zero-order valence-corrected chi connectivity index (χ0v) is 17.4. The van der Waals surface area contributed by atoms with Gasteiger partial charge in [0.05, 0.1) is 31.8 Å². The molecule has 8 heteroatoms. The highest BCUT2D eigenvalue weighted by Crippen LogP contribution is 2.32. The number of halogens is 3. The van der Waals surface area contributed by atoms with Gasteiger partial charge >= 0.3 is 5.97 Å². The molecule has 1 aliphatic carbocycles. The third-order valence-corrected chi connectivity index (χ3v) is 5.78. The molecular weight excluding hydrogens is 435 g/mol. The molecule has 0 spiro atoms. The van der Waals surface area contributed by atoms with Gasteiger partial charge in [0.25, 0.3) is 5.91 Å². The van der Waals surface area contributed by atoms with E-state index in [-0.39, 0.29) is 20.8 Å². The van der Waals surface area contributed by atoms with E-state index in [1.54, 1.807) is 0 Å². The molecule has 1 aliphatic rings. The molecule has 3 aromatic rings. The van der Waals surface area contributed by atoms with Crippen LogP contribution in [0.25, 0.3) is 10.9 Å². The maximum absolute atomic E-state index is 12.8. The number of carbonyl (C=O) groups excluding carboxylic acids is 2. The Morgan fingerprint density at radius 2 is 1.79 bits per heavy atom. The Morgan fingerprint density at radius 1 is 1.03 bits per heavy atom. The standard InChI is InChI=1S/C21H15Cl3N2O3/c22-13-8-15(24)18(9-14(13)23)26-19(27)10-29-21(28)20-11-4-1-2-6-16(11)25-17-7-3-5-12(17)20/h1-2,4,6,8-9H,3,5,7,10H2,(H,26,27). The van der Waals surface area contributed by atoms with E-state index in [9.17, 15) is 9.59 Å². The number of esters is 1. The molecule has 1 amide bonds. The SMILES string of the molecule is O=C(COC(=O)c1c2c(nc3ccccc13)CCC2)Nc1cc(Cl)c(Cl)cc1Cl. The van der Waals surface area contributed by atoms with Crippen LogP contribution in [0.15, 0.2) is 36.4 Å². The highest BCUT2D eigenvalue weighted by atomic mass is 35.5. The van der Waals surface area contributed by atoms with Gasteiger partial charge in [0.15, 0.2) is 6.61 Å². The van der Waals surface area contributed by atoms with Crippen molar-refractivity contribution < 1.29 is 14.3 Å². The van der Waals surface area contributed by atoms with Crippen molar-refractivity contribution in [1.82, 2.24) is 4.98 Å². The first-order valence-electron chi connectivity index (χ1n) is 8.96. The van der Waals surface area contributed by atoms with Gasteiger partial charge in [-0.15, -0.1) is 0 Å². The van der Waals surface area contributed by atoms with Gasteiger partial charge in [0.2, 0.25) is 0 Å². The lowest BCUT2D eigenvalue weighted by Gasteiger charge is -2.13. The zero-order valence-electron chi connectivity index (χ0n) is 15.1. The van der Waals surface area contributed by atoms with Gasteiger partial charge in [-0.25, -0.2) is 4.79 Å². The maximum Gasteiger partial charge on any atom is 0.339 e. The number of para-hydroxylation sites is 1. The van der Waals surface area contributed by atoms with Gasteiger partial charge < -0.3 is 10.1 Å². The predicted molar refractivity (Wildman–Crippen MR) is 114 cm³/mol. The van der Waals surface area contributed by atoms with E-state index in [1.165, 1.54) is 12.1 Å². The van der Waals surface area contributed by atoms with Crippen molar-refractivity contribution >= 4 is 63.3 Å². The number of carbonyl (C=O) groups is 2. The van der Waals surface area contributed by atoms with E-state index in [4.69, 9.17) is 39.5 Å². The summed E-state index contributed by atoms with van der Waals surface area (Å²) in [4.78, 5) is 29.8. The zero-order chi connectivity index (χ0) is 20.5. The second-order valence-electron chi connectivity index (χ2n) is 6.65. The summed E-state index contributed by atoms with van der Waals surface area (Å²) in [6.07, 6.45) is 2.54. The average molecular weight is 450 g/mol. The summed E-state index contributed by atoms with van der Waals surface area (Å²) in [5, 5.41) is 4.06. The molecule has 0 bridgehead atoms. The Balaban J connectivity index is 1.52. The van der Waals surface area contributed by atoms with Gasteiger partial charge in [-0.2, -0.15) is 0 Å². The van der Waals surface area contributed by atoms with Crippen LogP contribution in [0.3, 0.4) is 0 Å². The maximum atomic E-state index is 12.8. The lowest BCUT2D eigenvalue weighted by Crippen LogP contribution is -2.22. The summed E-state index contributed by atoms with van der Waals surface area (Å²) in [7, 11) is 0. The Kier molecular flexibility index (Phi) is 5.63. The Labute approximate surface area is 181 Å². The van der Waals surface area contributed by atoms with Gasteiger partial charge in [-0.1, -0.05) is 53.0 Å². The van der Waals surface area contributed by atoms with Crippen molar-refractivity contribution in [2.75, 3.05) is 11.9 Å². The van der Waals surface area contributed by atoms with Crippen molar-refractivity contribution in [1.29, 1.82) is 0 Å². The molecule has 29 heavy (non-hydrogen) atoms. The Bertz CT molecular complexity index is 1150. The summed E-state index contributed by atoms with van der Waals surface area (Å²) in [6, 6.07) is 10.3. The Hall–Kier alpha value is -2.34. The lowest BCUT2D eigenvalue weighted by molar-refractivity contribution is -0.119. The van der Waals surface area contributed by atoms with Gasteiger partial charge in [0.1, 0.15) is 0 Å². The second-order valence-corrected chi connectivity index (χ2v) is 7.87. The van der Waals surface area contributed by atoms with Crippen LogP contribution in [-0.2, 0) is 22.4 Å². The number of hydrogen-bond acceptors (Lipinski definition) is 4. The third kappa shape index (κ3) is 4.04. The molecule has 1 heterocycles. The molecule has 0 saturated heterocycles. The fourth-order valence-electron chi connectivity index (χ4n) is 3.45. The van der Waals surface area contributed by atoms with E-state index >= 15 is 0 Å². The van der Waals surface area contributed by atoms with Crippen LogP contribution in [-0.4, -0.2) is 23.5 Å². The van der Waals surface area contributed by atoms with E-state index in [2.05, 4.69) is 10.3 Å². The van der Waals surface area contributed by atoms with Crippen LogP contribution in [0.2, 0.25) is 15.1 Å². The normalized spacial score (nSPS) is 12.7. The molecular formula is C21H15Cl3N2O3. The van der Waals surface area contributed by atoms with Crippen LogP contribution in [0.5, 0.6) is 0 Å². The number of aryl methyl sites for hydroxylation is 1. The fraction of sp³-hybridized carbons (Fsp3) is 0.190. The number of benzene rings is 2. The quantitative estimate of drug-likeness (QED) is 0.423. The molecule has 0 atom stereocenters. The molecule has 0 unspecified atom stereocenters. The van der Waals surface area contributed by atoms with Crippen LogP contribution in [0.4, 0.5) is 5.69 Å². The van der Waals surface area contributed by atoms with Crippen molar-refractivity contribution in [3.8, 4) is 0 Å². The minimum absolute atomic E-state index is 0.233. The van der Waals surface area contributed by atoms with Crippen LogP contribution >= 0.6 is 34.8 Å². The van der Waals surface area contributed by atoms with Crippen molar-refractivity contribution in [3.05, 3.63) is 68.3 Å². The summed E-state index contributed by atoms with van der Waals surface area (Å²) in [5.41, 5.74) is 3.34. The first-order valence-corrected chi connectivity index (χ1v) is 10.1. The molecule has 1 N–H and O–H groups in total. The molecule has 0 saturated carbocycles.